The van der Waals surface area contributed by atoms with Crippen molar-refractivity contribution in [3.8, 4) is 0 Å². The number of nitrogens with zero attached hydrogens (tertiary/aromatic N) is 1. The first-order chi connectivity index (χ1) is 15.5. The van der Waals surface area contributed by atoms with Crippen molar-refractivity contribution in [3.05, 3.63) is 70.3 Å². The van der Waals surface area contributed by atoms with Crippen molar-refractivity contribution in [2.75, 3.05) is 13.1 Å². The predicted molar refractivity (Wildman–Crippen MR) is 122 cm³/mol. The van der Waals surface area contributed by atoms with Crippen LogP contribution in [0.1, 0.15) is 51.9 Å². The van der Waals surface area contributed by atoms with E-state index in [1.165, 1.54) is 24.0 Å². The Balaban J connectivity index is 1.07. The summed E-state index contributed by atoms with van der Waals surface area (Å²) in [6.45, 7) is 1.87. The van der Waals surface area contributed by atoms with Crippen LogP contribution in [0.15, 0.2) is 42.5 Å². The van der Waals surface area contributed by atoms with E-state index in [1.54, 1.807) is 0 Å². The number of carbonyl (C=O) groups is 2. The van der Waals surface area contributed by atoms with Crippen molar-refractivity contribution < 1.29 is 14.7 Å². The zero-order valence-electron chi connectivity index (χ0n) is 18.3. The molecule has 1 unspecified atom stereocenters. The molecule has 2 aliphatic carbocycles. The van der Waals surface area contributed by atoms with Gasteiger partial charge in [0.2, 0.25) is 5.91 Å². The molecule has 1 saturated carbocycles. The number of nitrogens with one attached hydrogen (secondary N) is 2. The minimum Gasteiger partial charge on any atom is -0.390 e. The molecule has 0 spiro atoms. The predicted octanol–water partition coefficient (Wildman–Crippen LogP) is 2.18. The Morgan fingerprint density at radius 2 is 1.69 bits per heavy atom. The van der Waals surface area contributed by atoms with E-state index in [4.69, 9.17) is 0 Å². The largest absolute Gasteiger partial charge is 0.390 e. The zero-order valence-corrected chi connectivity index (χ0v) is 18.3. The van der Waals surface area contributed by atoms with E-state index in [-0.39, 0.29) is 18.4 Å². The highest BCUT2D eigenvalue weighted by atomic mass is 16.3. The van der Waals surface area contributed by atoms with Crippen molar-refractivity contribution in [1.82, 2.24) is 15.5 Å². The highest BCUT2D eigenvalue weighted by molar-refractivity contribution is 5.94. The molecule has 6 heteroatoms. The van der Waals surface area contributed by atoms with Crippen molar-refractivity contribution in [3.63, 3.8) is 0 Å². The number of hydrogen-bond acceptors (Lipinski definition) is 4. The van der Waals surface area contributed by atoms with Crippen LogP contribution in [0.3, 0.4) is 0 Å². The van der Waals surface area contributed by atoms with Gasteiger partial charge in [-0.3, -0.25) is 9.59 Å². The molecule has 0 saturated heterocycles. The Kier molecular flexibility index (Phi) is 5.98. The average Bonchev–Trinajstić information content (AvgIpc) is 3.35. The second-order valence-electron chi connectivity index (χ2n) is 9.53. The fraction of sp³-hybridized carbons (Fsp3) is 0.462. The summed E-state index contributed by atoms with van der Waals surface area (Å²) in [5, 5.41) is 16.6. The molecule has 3 aliphatic rings. The summed E-state index contributed by atoms with van der Waals surface area (Å²) in [7, 11) is 0. The average molecular weight is 434 g/mol. The van der Waals surface area contributed by atoms with E-state index in [0.717, 1.165) is 24.0 Å². The SMILES string of the molecule is O=C(NCC(O)CNC1Cc2ccccc2C1)c1ccc2c(c1)CN(C(=O)CC1CC1)C2. The van der Waals surface area contributed by atoms with E-state index in [1.807, 2.05) is 23.1 Å². The number of aliphatic hydroxyl groups is 1. The molecule has 2 aromatic carbocycles. The minimum atomic E-state index is -0.646. The van der Waals surface area contributed by atoms with Gasteiger partial charge in [0.25, 0.3) is 5.91 Å². The maximum Gasteiger partial charge on any atom is 0.251 e. The normalized spacial score (nSPS) is 18.3. The third kappa shape index (κ3) is 4.87. The lowest BCUT2D eigenvalue weighted by atomic mass is 10.1. The monoisotopic (exact) mass is 433 g/mol. The minimum absolute atomic E-state index is 0.192. The molecular formula is C26H31N3O3. The molecule has 1 heterocycles. The quantitative estimate of drug-likeness (QED) is 0.596. The van der Waals surface area contributed by atoms with Gasteiger partial charge >= 0.3 is 0 Å². The van der Waals surface area contributed by atoms with Crippen LogP contribution >= 0.6 is 0 Å². The summed E-state index contributed by atoms with van der Waals surface area (Å²) in [6, 6.07) is 14.4. The molecule has 5 rings (SSSR count). The highest BCUT2D eigenvalue weighted by Gasteiger charge is 2.30. The first-order valence-electron chi connectivity index (χ1n) is 11.7. The van der Waals surface area contributed by atoms with Crippen molar-refractivity contribution in [2.45, 2.75) is 57.3 Å². The number of carbonyl (C=O) groups excluding carboxylic acids is 2. The second kappa shape index (κ2) is 9.04. The lowest BCUT2D eigenvalue weighted by Crippen LogP contribution is -2.41. The van der Waals surface area contributed by atoms with Gasteiger partial charge in [-0.25, -0.2) is 0 Å². The maximum absolute atomic E-state index is 12.6. The van der Waals surface area contributed by atoms with Crippen molar-refractivity contribution in [2.24, 2.45) is 5.92 Å². The van der Waals surface area contributed by atoms with Gasteiger partial charge in [0.15, 0.2) is 0 Å². The Hall–Kier alpha value is -2.70. The summed E-state index contributed by atoms with van der Waals surface area (Å²) in [5.41, 5.74) is 5.48. The van der Waals surface area contributed by atoms with Crippen molar-refractivity contribution >= 4 is 11.8 Å². The Morgan fingerprint density at radius 3 is 2.41 bits per heavy atom. The van der Waals surface area contributed by atoms with Crippen LogP contribution < -0.4 is 10.6 Å². The van der Waals surface area contributed by atoms with Crippen LogP contribution in [0.2, 0.25) is 0 Å². The molecular weight excluding hydrogens is 402 g/mol. The van der Waals surface area contributed by atoms with E-state index >= 15 is 0 Å². The first kappa shape index (κ1) is 21.2. The topological polar surface area (TPSA) is 81.7 Å². The van der Waals surface area contributed by atoms with E-state index < -0.39 is 6.10 Å². The van der Waals surface area contributed by atoms with Crippen LogP contribution in [0, 0.1) is 5.92 Å². The van der Waals surface area contributed by atoms with Gasteiger partial charge in [0.05, 0.1) is 6.10 Å². The maximum atomic E-state index is 12.6. The van der Waals surface area contributed by atoms with E-state index in [0.29, 0.717) is 43.6 Å². The molecule has 1 fully saturated rings. The fourth-order valence-corrected chi connectivity index (χ4v) is 4.80. The van der Waals surface area contributed by atoms with Crippen LogP contribution in [0.25, 0.3) is 0 Å². The smallest absolute Gasteiger partial charge is 0.251 e. The van der Waals surface area contributed by atoms with Crippen LogP contribution in [0.5, 0.6) is 0 Å². The number of fused-ring (bicyclic) bond motifs is 2. The summed E-state index contributed by atoms with van der Waals surface area (Å²) in [5.74, 6) is 0.607. The molecule has 32 heavy (non-hydrogen) atoms. The molecule has 1 atom stereocenters. The van der Waals surface area contributed by atoms with Gasteiger partial charge in [-0.2, -0.15) is 0 Å². The zero-order chi connectivity index (χ0) is 22.1. The van der Waals surface area contributed by atoms with E-state index in [9.17, 15) is 14.7 Å². The Bertz CT molecular complexity index is 992. The molecule has 3 N–H and O–H groups in total. The lowest BCUT2D eigenvalue weighted by Gasteiger charge is -2.17. The lowest BCUT2D eigenvalue weighted by molar-refractivity contribution is -0.132. The van der Waals surface area contributed by atoms with Gasteiger partial charge in [0.1, 0.15) is 0 Å². The molecule has 168 valence electrons. The summed E-state index contributed by atoms with van der Waals surface area (Å²) in [4.78, 5) is 26.9. The second-order valence-corrected chi connectivity index (χ2v) is 9.53. The molecule has 0 bridgehead atoms. The summed E-state index contributed by atoms with van der Waals surface area (Å²) < 4.78 is 0. The molecule has 0 radical (unpaired) electrons. The van der Waals surface area contributed by atoms with Gasteiger partial charge in [-0.15, -0.1) is 0 Å². The van der Waals surface area contributed by atoms with Gasteiger partial charge in [-0.05, 0) is 66.0 Å². The fourth-order valence-electron chi connectivity index (χ4n) is 4.80. The third-order valence-corrected chi connectivity index (χ3v) is 6.90. The first-order valence-corrected chi connectivity index (χ1v) is 11.7. The van der Waals surface area contributed by atoms with Crippen LogP contribution in [-0.4, -0.2) is 47.1 Å². The van der Waals surface area contributed by atoms with Gasteiger partial charge in [-0.1, -0.05) is 30.3 Å². The highest BCUT2D eigenvalue weighted by Crippen LogP contribution is 2.34. The molecule has 6 nitrogen and oxygen atoms in total. The molecule has 2 aromatic rings. The van der Waals surface area contributed by atoms with Crippen LogP contribution in [0.4, 0.5) is 0 Å². The number of benzene rings is 2. The molecule has 0 aromatic heterocycles. The Morgan fingerprint density at radius 1 is 0.969 bits per heavy atom. The third-order valence-electron chi connectivity index (χ3n) is 6.90. The Labute approximate surface area is 189 Å². The van der Waals surface area contributed by atoms with Gasteiger partial charge < -0.3 is 20.6 Å². The molecule has 1 aliphatic heterocycles. The summed E-state index contributed by atoms with van der Waals surface area (Å²) >= 11 is 0. The van der Waals surface area contributed by atoms with E-state index in [2.05, 4.69) is 34.9 Å². The summed E-state index contributed by atoms with van der Waals surface area (Å²) in [6.07, 6.45) is 4.31. The standard InChI is InChI=1S/C26H31N3O3/c30-24(13-27-23-11-18-3-1-2-4-19(18)12-23)14-28-26(32)20-7-8-21-15-29(16-22(21)10-20)25(31)9-17-5-6-17/h1-4,7-8,10,17,23-24,27,30H,5-6,9,11-16H2,(H,28,32). The molecule has 2 amide bonds. The van der Waals surface area contributed by atoms with Crippen molar-refractivity contribution in [1.29, 1.82) is 0 Å². The number of amides is 2. The van der Waals surface area contributed by atoms with Gasteiger partial charge in [0, 0.05) is 44.2 Å². The number of aliphatic hydroxyl groups excluding tert-OH is 1. The number of hydrogen-bond donors (Lipinski definition) is 3. The van der Waals surface area contributed by atoms with Crippen LogP contribution in [-0.2, 0) is 30.7 Å². The number of rotatable bonds is 8.